The first-order valence-corrected chi connectivity index (χ1v) is 7.62. The number of nitro groups is 2. The predicted octanol–water partition coefficient (Wildman–Crippen LogP) is 3.45. The van der Waals surface area contributed by atoms with Gasteiger partial charge in [0, 0.05) is 29.7 Å². The summed E-state index contributed by atoms with van der Waals surface area (Å²) in [6.07, 6.45) is 0. The lowest BCUT2D eigenvalue weighted by Crippen LogP contribution is -2.13. The smallest absolute Gasteiger partial charge is 0.345 e. The molecule has 10 heteroatoms. The third kappa shape index (κ3) is 3.79. The quantitative estimate of drug-likeness (QED) is 0.314. The van der Waals surface area contributed by atoms with Crippen LogP contribution in [0, 0.1) is 20.2 Å². The van der Waals surface area contributed by atoms with E-state index < -0.39 is 15.5 Å². The molecule has 0 saturated heterocycles. The van der Waals surface area contributed by atoms with Crippen LogP contribution in [-0.2, 0) is 0 Å². The average Bonchev–Trinajstić information content (AvgIpc) is 2.65. The predicted molar refractivity (Wildman–Crippen MR) is 98.1 cm³/mol. The summed E-state index contributed by atoms with van der Waals surface area (Å²) in [6.45, 7) is 1.56. The summed E-state index contributed by atoms with van der Waals surface area (Å²) in [4.78, 5) is 32.6. The maximum absolute atomic E-state index is 12.1. The fourth-order valence-corrected chi connectivity index (χ4v) is 2.34. The first-order chi connectivity index (χ1) is 12.8. The second kappa shape index (κ2) is 7.04. The molecule has 0 saturated carbocycles. The highest BCUT2D eigenvalue weighted by Gasteiger charge is 2.12. The molecule has 0 spiro atoms. The van der Waals surface area contributed by atoms with Gasteiger partial charge in [0.15, 0.2) is 0 Å². The number of hydrogen-bond acceptors (Lipinski definition) is 8. The summed E-state index contributed by atoms with van der Waals surface area (Å²) in [5.41, 5.74) is 3.01. The van der Waals surface area contributed by atoms with Crippen LogP contribution >= 0.6 is 0 Å². The maximum atomic E-state index is 12.1. The van der Waals surface area contributed by atoms with Crippen molar-refractivity contribution in [3.8, 4) is 0 Å². The van der Waals surface area contributed by atoms with Gasteiger partial charge in [-0.25, -0.2) is 4.79 Å². The monoisotopic (exact) mass is 368 g/mol. The van der Waals surface area contributed by atoms with Crippen molar-refractivity contribution in [2.75, 3.05) is 5.43 Å². The van der Waals surface area contributed by atoms with E-state index in [1.165, 1.54) is 48.5 Å². The molecule has 0 aliphatic carbocycles. The lowest BCUT2D eigenvalue weighted by molar-refractivity contribution is -0.385. The number of non-ortho nitro benzene ring substituents is 2. The molecular weight excluding hydrogens is 356 g/mol. The second-order valence-electron chi connectivity index (χ2n) is 5.54. The Bertz CT molecular complexity index is 1130. The fourth-order valence-electron chi connectivity index (χ4n) is 2.34. The van der Waals surface area contributed by atoms with Gasteiger partial charge in [-0.2, -0.15) is 5.10 Å². The fraction of sp³-hybridized carbons (Fsp3) is 0.0588. The Morgan fingerprint density at radius 2 is 1.63 bits per heavy atom. The van der Waals surface area contributed by atoms with Crippen LogP contribution in [0.2, 0.25) is 0 Å². The molecule has 3 rings (SSSR count). The van der Waals surface area contributed by atoms with E-state index in [4.69, 9.17) is 4.42 Å². The van der Waals surface area contributed by atoms with E-state index in [1.54, 1.807) is 6.92 Å². The molecule has 0 fully saturated rings. The summed E-state index contributed by atoms with van der Waals surface area (Å²) in [5, 5.41) is 26.0. The molecule has 0 bridgehead atoms. The first-order valence-electron chi connectivity index (χ1n) is 7.62. The minimum Gasteiger partial charge on any atom is -0.422 e. The zero-order chi connectivity index (χ0) is 19.6. The standard InChI is InChI=1S/C17H12N4O6/c1-10(18-19-12-2-4-13(5-3-12)20(23)24)15-9-11-8-14(21(25)26)6-7-16(11)27-17(15)22/h2-9,19H,1H3/b18-10-. The number of hydrogen-bond donors (Lipinski definition) is 1. The molecule has 3 aromatic rings. The van der Waals surface area contributed by atoms with Gasteiger partial charge in [0.2, 0.25) is 0 Å². The van der Waals surface area contributed by atoms with Crippen LogP contribution in [0.1, 0.15) is 12.5 Å². The van der Waals surface area contributed by atoms with Crippen molar-refractivity contribution < 1.29 is 14.3 Å². The number of fused-ring (bicyclic) bond motifs is 1. The van der Waals surface area contributed by atoms with Crippen molar-refractivity contribution in [3.63, 3.8) is 0 Å². The van der Waals surface area contributed by atoms with Crippen LogP contribution in [0.3, 0.4) is 0 Å². The van der Waals surface area contributed by atoms with Crippen molar-refractivity contribution >= 4 is 33.7 Å². The molecule has 1 N–H and O–H groups in total. The Kier molecular flexibility index (Phi) is 4.62. The normalized spacial score (nSPS) is 11.4. The molecule has 1 aromatic heterocycles. The van der Waals surface area contributed by atoms with Crippen molar-refractivity contribution in [2.45, 2.75) is 6.92 Å². The molecule has 0 aliphatic heterocycles. The van der Waals surface area contributed by atoms with E-state index in [-0.39, 0.29) is 28.2 Å². The van der Waals surface area contributed by atoms with Gasteiger partial charge in [-0.05, 0) is 31.2 Å². The van der Waals surface area contributed by atoms with E-state index in [2.05, 4.69) is 10.5 Å². The summed E-state index contributed by atoms with van der Waals surface area (Å²) in [5.74, 6) is 0. The van der Waals surface area contributed by atoms with E-state index in [0.29, 0.717) is 11.1 Å². The van der Waals surface area contributed by atoms with Crippen LogP contribution in [0.5, 0.6) is 0 Å². The highest BCUT2D eigenvalue weighted by molar-refractivity contribution is 6.01. The number of nitrogens with zero attached hydrogens (tertiary/aromatic N) is 3. The lowest BCUT2D eigenvalue weighted by Gasteiger charge is -2.04. The Morgan fingerprint density at radius 3 is 2.26 bits per heavy atom. The second-order valence-corrected chi connectivity index (χ2v) is 5.54. The van der Waals surface area contributed by atoms with Crippen molar-refractivity contribution in [1.82, 2.24) is 0 Å². The van der Waals surface area contributed by atoms with Gasteiger partial charge in [0.25, 0.3) is 11.4 Å². The van der Waals surface area contributed by atoms with Crippen LogP contribution in [-0.4, -0.2) is 15.6 Å². The van der Waals surface area contributed by atoms with Gasteiger partial charge in [-0.1, -0.05) is 0 Å². The van der Waals surface area contributed by atoms with Gasteiger partial charge in [-0.3, -0.25) is 25.7 Å². The molecular formula is C17H12N4O6. The Balaban J connectivity index is 1.91. The average molecular weight is 368 g/mol. The lowest BCUT2D eigenvalue weighted by atomic mass is 10.1. The minimum absolute atomic E-state index is 0.0574. The van der Waals surface area contributed by atoms with Crippen LogP contribution in [0.25, 0.3) is 11.0 Å². The van der Waals surface area contributed by atoms with Crippen molar-refractivity contribution in [3.05, 3.63) is 84.7 Å². The van der Waals surface area contributed by atoms with E-state index >= 15 is 0 Å². The molecule has 0 aliphatic rings. The topological polar surface area (TPSA) is 141 Å². The Hall–Kier alpha value is -4.08. The van der Waals surface area contributed by atoms with Gasteiger partial charge in [0.1, 0.15) is 5.58 Å². The number of nitro benzene ring substituents is 2. The number of nitrogens with one attached hydrogen (secondary N) is 1. The zero-order valence-electron chi connectivity index (χ0n) is 13.9. The SMILES string of the molecule is C/C(=N/Nc1ccc([N+](=O)[O-])cc1)c1cc2cc([N+](=O)[O-])ccc2oc1=O. The molecule has 136 valence electrons. The molecule has 0 amide bonds. The zero-order valence-corrected chi connectivity index (χ0v) is 13.9. The Morgan fingerprint density at radius 1 is 1.00 bits per heavy atom. The number of hydrazone groups is 1. The van der Waals surface area contributed by atoms with Gasteiger partial charge in [0.05, 0.1) is 26.8 Å². The third-order valence-corrected chi connectivity index (χ3v) is 3.75. The molecule has 27 heavy (non-hydrogen) atoms. The number of anilines is 1. The highest BCUT2D eigenvalue weighted by Crippen LogP contribution is 2.21. The summed E-state index contributed by atoms with van der Waals surface area (Å²) < 4.78 is 5.18. The molecule has 1 heterocycles. The molecule has 2 aromatic carbocycles. The summed E-state index contributed by atoms with van der Waals surface area (Å²) >= 11 is 0. The number of rotatable bonds is 5. The first kappa shape index (κ1) is 17.7. The molecule has 10 nitrogen and oxygen atoms in total. The third-order valence-electron chi connectivity index (χ3n) is 3.75. The van der Waals surface area contributed by atoms with Crippen molar-refractivity contribution in [2.24, 2.45) is 5.10 Å². The van der Waals surface area contributed by atoms with Crippen LogP contribution in [0.15, 0.2) is 62.8 Å². The van der Waals surface area contributed by atoms with Crippen molar-refractivity contribution in [1.29, 1.82) is 0 Å². The molecule has 0 unspecified atom stereocenters. The van der Waals surface area contributed by atoms with E-state index in [0.717, 1.165) is 0 Å². The highest BCUT2D eigenvalue weighted by atomic mass is 16.6. The summed E-state index contributed by atoms with van der Waals surface area (Å²) in [6, 6.07) is 11.0. The van der Waals surface area contributed by atoms with Crippen LogP contribution in [0.4, 0.5) is 17.1 Å². The van der Waals surface area contributed by atoms with Gasteiger partial charge in [-0.15, -0.1) is 0 Å². The van der Waals surface area contributed by atoms with E-state index in [1.807, 2.05) is 0 Å². The Labute approximate surface area is 151 Å². The number of benzene rings is 2. The molecule has 0 radical (unpaired) electrons. The van der Waals surface area contributed by atoms with Gasteiger partial charge < -0.3 is 4.42 Å². The largest absolute Gasteiger partial charge is 0.422 e. The van der Waals surface area contributed by atoms with E-state index in [9.17, 15) is 25.0 Å². The summed E-state index contributed by atoms with van der Waals surface area (Å²) in [7, 11) is 0. The van der Waals surface area contributed by atoms with Gasteiger partial charge >= 0.3 is 5.63 Å². The molecule has 0 atom stereocenters. The van der Waals surface area contributed by atoms with Crippen LogP contribution < -0.4 is 11.1 Å². The maximum Gasteiger partial charge on any atom is 0.345 e. The minimum atomic E-state index is -0.636.